The maximum Gasteiger partial charge on any atom is 0.217 e. The van der Waals surface area contributed by atoms with E-state index in [1.54, 1.807) is 0 Å². The summed E-state index contributed by atoms with van der Waals surface area (Å²) < 4.78 is 106. The van der Waals surface area contributed by atoms with Crippen molar-refractivity contribution in [2.45, 2.75) is 310 Å². The van der Waals surface area contributed by atoms with Crippen molar-refractivity contribution < 1.29 is 237 Å². The van der Waals surface area contributed by atoms with Crippen LogP contribution in [0.3, 0.4) is 0 Å². The molecule has 0 aliphatic carbocycles. The molecule has 0 saturated carbocycles. The highest BCUT2D eigenvalue weighted by Crippen LogP contribution is 2.40. The first kappa shape index (κ1) is 98.4. The van der Waals surface area contributed by atoms with Crippen molar-refractivity contribution in [3.63, 3.8) is 0 Å². The van der Waals surface area contributed by atoms with Gasteiger partial charge in [-0.25, -0.2) is 0 Å². The number of carbonyl (C=O) groups is 5. The minimum Gasteiger partial charge on any atom is -0.394 e. The molecule has 30 N–H and O–H groups in total. The standard InChI is InChI=1S/C66H111N5O48/c1-17(82)68-31-42(93)35(86)22(6-73)104-59(31)117-55-39(90)26(10-77)108-64(48(55)99)113-51-28(12-79)110-58(32(43(51)94)69-18(2)83)103-15-30-41(92)57(119-61-33(70-19(3)84)53(37(88)24(8-75)106-61)115-63-46(97)44(95)36(87)23(7-74)107-63)50(101)66(112-30)116-54-34(71-20(4)85)60(105-25(9-76)38(54)89)118-56-40(91)27(11-78)109-65(49(56)100)114-52-29(13-80)111-62(47(98)45(52)96)102-14-21(5-72)67-16-81/h16,21-66,72-80,86-101H,5-15H2,1-4H3,(H,67,81)(H,68,82)(H,69,83)(H,70,84)(H,71,85)/t21-,22-,23-,24-,25-,26-,27-,28-,29-,30-,31-,32-,33-,34-,35+,36+,37-,38-,39+,40+,41+,42-,43-,44+,45-,46-,47-,48-,49-,50-,51-,52-,53-,54-,55+,56+,57+,58-,59-,60+,61+,62-,63+,64+,65+,66+/m1/s1. The van der Waals surface area contributed by atoms with Crippen LogP contribution in [0.4, 0.5) is 0 Å². The van der Waals surface area contributed by atoms with Gasteiger partial charge in [0.2, 0.25) is 30.0 Å². The average molecular weight is 1740 g/mol. The molecule has 9 rings (SSSR count). The summed E-state index contributed by atoms with van der Waals surface area (Å²) in [6.45, 7) is -7.30. The smallest absolute Gasteiger partial charge is 0.217 e. The Hall–Kier alpha value is -4.37. The minimum absolute atomic E-state index is 0.239. The summed E-state index contributed by atoms with van der Waals surface area (Å²) in [7, 11) is 0. The lowest BCUT2D eigenvalue weighted by molar-refractivity contribution is -0.388. The Morgan fingerprint density at radius 3 is 0.933 bits per heavy atom. The van der Waals surface area contributed by atoms with Gasteiger partial charge in [-0.05, 0) is 0 Å². The van der Waals surface area contributed by atoms with Crippen LogP contribution in [-0.2, 0) is 109 Å². The van der Waals surface area contributed by atoms with Gasteiger partial charge in [0.25, 0.3) is 0 Å². The number of rotatable bonds is 35. The molecule has 0 spiro atoms. The van der Waals surface area contributed by atoms with E-state index in [1.165, 1.54) is 0 Å². The zero-order valence-corrected chi connectivity index (χ0v) is 64.0. The number of hydrogen-bond acceptors (Lipinski definition) is 48. The maximum atomic E-state index is 13.4. The van der Waals surface area contributed by atoms with Gasteiger partial charge in [0.15, 0.2) is 56.6 Å². The number of ether oxygens (including phenoxy) is 18. The SMILES string of the molecule is CC(=O)N[C@H]1[C@H](OC[C@H]2O[C@@H](O[C@H]3[C@H](O)[C@@H](CO)O[C@@H](O[C@H]4[C@@H](O)[C@@H](CO)O[C@@H](O[C@H]5[C@H](O)[C@@H](O)[C@H](OC[C@@H](CO)NC=O)O[C@@H]5CO)[C@@H]4O)[C@@H]3NC(C)=O)[C@H](O)[C@@H](O[C@@H]3O[C@H](CO)[C@@H](O)[C@H](O[C@@H]4O[C@H](CO)[C@H](O)[C@H](O)[C@H]4O)[C@H]3NC(C)=O)[C@H]2O)O[C@H](CO)[C@@H](O[C@@H]2O[C@H](CO)[C@H](O)[C@H](O[C@H]3O[C@H](CO)[C@H](O)[C@H](O)[C@H]3NC(C)=O)[C@H]2O)[C@@H]1O. The number of nitrogens with one attached hydrogen (secondary N) is 5. The lowest BCUT2D eigenvalue weighted by Crippen LogP contribution is -2.71. The molecule has 9 aliphatic heterocycles. The van der Waals surface area contributed by atoms with Gasteiger partial charge in [0.05, 0.1) is 78.7 Å². The van der Waals surface area contributed by atoms with Gasteiger partial charge in [-0.3, -0.25) is 24.0 Å². The molecule has 119 heavy (non-hydrogen) atoms. The third-order valence-corrected chi connectivity index (χ3v) is 21.3. The molecular formula is C66H111N5O48. The Balaban J connectivity index is 1.03. The zero-order valence-electron chi connectivity index (χ0n) is 64.0. The molecular weight excluding hydrogens is 1630 g/mol. The predicted molar refractivity (Wildman–Crippen MR) is 367 cm³/mol. The molecule has 46 atom stereocenters. The van der Waals surface area contributed by atoms with E-state index in [1.807, 2.05) is 0 Å². The van der Waals surface area contributed by atoms with E-state index in [-0.39, 0.29) is 6.41 Å². The lowest BCUT2D eigenvalue weighted by atomic mass is 9.93. The van der Waals surface area contributed by atoms with E-state index in [2.05, 4.69) is 26.6 Å². The van der Waals surface area contributed by atoms with Crippen molar-refractivity contribution in [1.82, 2.24) is 26.6 Å². The highest BCUT2D eigenvalue weighted by molar-refractivity contribution is 5.74. The molecule has 0 radical (unpaired) electrons. The fourth-order valence-electron chi connectivity index (χ4n) is 15.1. The summed E-state index contributed by atoms with van der Waals surface area (Å²) in [5.41, 5.74) is 0. The van der Waals surface area contributed by atoms with Crippen LogP contribution < -0.4 is 26.6 Å². The average Bonchev–Trinajstić information content (AvgIpc) is 0.766. The molecule has 9 heterocycles. The minimum atomic E-state index is -2.58. The van der Waals surface area contributed by atoms with Crippen molar-refractivity contribution in [3.8, 4) is 0 Å². The van der Waals surface area contributed by atoms with Gasteiger partial charge in [0, 0.05) is 27.7 Å². The second-order valence-electron chi connectivity index (χ2n) is 29.6. The van der Waals surface area contributed by atoms with Gasteiger partial charge in [-0.2, -0.15) is 0 Å². The van der Waals surface area contributed by atoms with Crippen molar-refractivity contribution >= 4 is 30.0 Å². The lowest BCUT2D eigenvalue weighted by Gasteiger charge is -2.51. The van der Waals surface area contributed by atoms with Gasteiger partial charge in [0.1, 0.15) is 219 Å². The largest absolute Gasteiger partial charge is 0.394 e. The van der Waals surface area contributed by atoms with E-state index in [9.17, 15) is 152 Å². The fraction of sp³-hybridized carbons (Fsp3) is 0.924. The van der Waals surface area contributed by atoms with Gasteiger partial charge in [-0.15, -0.1) is 0 Å². The zero-order chi connectivity index (χ0) is 87.6. The van der Waals surface area contributed by atoms with E-state index in [0.717, 1.165) is 27.7 Å². The van der Waals surface area contributed by atoms with Crippen LogP contribution >= 0.6 is 0 Å². The summed E-state index contributed by atoms with van der Waals surface area (Å²) in [6.07, 6.45) is -84.9. The van der Waals surface area contributed by atoms with Crippen molar-refractivity contribution in [1.29, 1.82) is 0 Å². The molecule has 688 valence electrons. The summed E-state index contributed by atoms with van der Waals surface area (Å²) >= 11 is 0. The van der Waals surface area contributed by atoms with E-state index in [0.29, 0.717) is 0 Å². The monoisotopic (exact) mass is 1740 g/mol. The van der Waals surface area contributed by atoms with Crippen LogP contribution in [-0.4, -0.2) is 513 Å². The molecule has 9 fully saturated rings. The van der Waals surface area contributed by atoms with E-state index in [4.69, 9.17) is 85.3 Å². The highest BCUT2D eigenvalue weighted by Gasteiger charge is 2.61. The predicted octanol–water partition coefficient (Wildman–Crippen LogP) is -20.9. The summed E-state index contributed by atoms with van der Waals surface area (Å²) in [4.78, 5) is 63.1. The third-order valence-electron chi connectivity index (χ3n) is 21.3. The van der Waals surface area contributed by atoms with Crippen LogP contribution in [0, 0.1) is 0 Å². The van der Waals surface area contributed by atoms with Crippen LogP contribution in [0.2, 0.25) is 0 Å². The van der Waals surface area contributed by atoms with Crippen LogP contribution in [0.1, 0.15) is 27.7 Å². The molecule has 53 nitrogen and oxygen atoms in total. The van der Waals surface area contributed by atoms with E-state index < -0.39 is 378 Å². The van der Waals surface area contributed by atoms with Gasteiger partial charge < -0.3 is 240 Å². The number of aliphatic hydroxyl groups is 25. The van der Waals surface area contributed by atoms with Crippen LogP contribution in [0.25, 0.3) is 0 Å². The second kappa shape index (κ2) is 44.2. The van der Waals surface area contributed by atoms with Crippen molar-refractivity contribution in [2.75, 3.05) is 72.7 Å². The van der Waals surface area contributed by atoms with Crippen molar-refractivity contribution in [3.05, 3.63) is 0 Å². The Bertz CT molecular complexity index is 3160. The Morgan fingerprint density at radius 2 is 0.555 bits per heavy atom. The number of carbonyl (C=O) groups excluding carboxylic acids is 5. The molecule has 0 bridgehead atoms. The maximum absolute atomic E-state index is 13.4. The third kappa shape index (κ3) is 22.5. The van der Waals surface area contributed by atoms with Crippen molar-refractivity contribution in [2.24, 2.45) is 0 Å². The Morgan fingerprint density at radius 1 is 0.277 bits per heavy atom. The first-order chi connectivity index (χ1) is 56.5. The molecule has 53 heteroatoms. The molecule has 0 aromatic carbocycles. The molecule has 0 aromatic heterocycles. The fourth-order valence-corrected chi connectivity index (χ4v) is 15.1. The van der Waals surface area contributed by atoms with Crippen LogP contribution in [0.15, 0.2) is 0 Å². The number of aliphatic hydroxyl groups excluding tert-OH is 25. The molecule has 9 saturated heterocycles. The molecule has 9 aliphatic rings. The molecule has 0 aromatic rings. The number of hydrogen-bond donors (Lipinski definition) is 30. The summed E-state index contributed by atoms with van der Waals surface area (Å²) in [5, 5.41) is 290. The molecule has 0 unspecified atom stereocenters. The molecule has 5 amide bonds. The summed E-state index contributed by atoms with van der Waals surface area (Å²) in [6, 6.07) is -8.70. The number of amides is 5. The van der Waals surface area contributed by atoms with Gasteiger partial charge in [-0.1, -0.05) is 0 Å². The van der Waals surface area contributed by atoms with Crippen LogP contribution in [0.5, 0.6) is 0 Å². The quantitative estimate of drug-likeness (QED) is 0.0262. The summed E-state index contributed by atoms with van der Waals surface area (Å²) in [5.74, 6) is -3.79. The second-order valence-corrected chi connectivity index (χ2v) is 29.6. The first-order valence-electron chi connectivity index (χ1n) is 37.8. The van der Waals surface area contributed by atoms with Gasteiger partial charge >= 0.3 is 0 Å². The highest BCUT2D eigenvalue weighted by atomic mass is 16.8. The topological polar surface area (TPSA) is 817 Å². The Labute approximate surface area is 674 Å². The Kier molecular flexibility index (Phi) is 36.5. The van der Waals surface area contributed by atoms with E-state index >= 15 is 0 Å². The first-order valence-corrected chi connectivity index (χ1v) is 37.8. The normalized spacial score (nSPS) is 46.9.